The van der Waals surface area contributed by atoms with E-state index in [4.69, 9.17) is 10.5 Å². The van der Waals surface area contributed by atoms with Crippen LogP contribution < -0.4 is 10.5 Å². The lowest BCUT2D eigenvalue weighted by Gasteiger charge is -2.23. The Balaban J connectivity index is 1.67. The average Bonchev–Trinajstić information content (AvgIpc) is 2.98. The van der Waals surface area contributed by atoms with E-state index in [-0.39, 0.29) is 11.9 Å². The van der Waals surface area contributed by atoms with Crippen LogP contribution >= 0.6 is 0 Å². The fraction of sp³-hybridized carbons (Fsp3) is 0.625. The molecule has 1 aromatic rings. The molecule has 2 bridgehead atoms. The van der Waals surface area contributed by atoms with E-state index in [0.29, 0.717) is 18.3 Å². The summed E-state index contributed by atoms with van der Waals surface area (Å²) < 4.78 is 19.2. The zero-order valence-electron chi connectivity index (χ0n) is 11.4. The van der Waals surface area contributed by atoms with Gasteiger partial charge in [0.1, 0.15) is 11.6 Å². The van der Waals surface area contributed by atoms with Gasteiger partial charge in [-0.2, -0.15) is 0 Å². The number of benzene rings is 1. The van der Waals surface area contributed by atoms with Crippen LogP contribution in [-0.2, 0) is 0 Å². The Hall–Kier alpha value is -1.09. The van der Waals surface area contributed by atoms with E-state index >= 15 is 0 Å². The molecule has 0 heterocycles. The van der Waals surface area contributed by atoms with Gasteiger partial charge in [0.2, 0.25) is 0 Å². The highest BCUT2D eigenvalue weighted by Crippen LogP contribution is 2.48. The third-order valence-corrected chi connectivity index (χ3v) is 4.80. The zero-order valence-corrected chi connectivity index (χ0v) is 11.4. The topological polar surface area (TPSA) is 35.2 Å². The van der Waals surface area contributed by atoms with Crippen LogP contribution in [-0.4, -0.2) is 6.61 Å². The Morgan fingerprint density at radius 3 is 2.84 bits per heavy atom. The van der Waals surface area contributed by atoms with E-state index < -0.39 is 0 Å². The highest BCUT2D eigenvalue weighted by atomic mass is 19.1. The molecule has 3 heteroatoms. The Bertz CT molecular complexity index is 460. The van der Waals surface area contributed by atoms with Crippen LogP contribution in [0, 0.1) is 23.6 Å². The van der Waals surface area contributed by atoms with E-state index in [0.717, 1.165) is 17.4 Å². The van der Waals surface area contributed by atoms with E-state index in [2.05, 4.69) is 0 Å². The van der Waals surface area contributed by atoms with Gasteiger partial charge >= 0.3 is 0 Å². The largest absolute Gasteiger partial charge is 0.493 e. The molecule has 2 saturated carbocycles. The monoisotopic (exact) mass is 263 g/mol. The Morgan fingerprint density at radius 2 is 2.21 bits per heavy atom. The minimum atomic E-state index is -0.257. The lowest BCUT2D eigenvalue weighted by atomic mass is 9.89. The predicted molar refractivity (Wildman–Crippen MR) is 73.4 cm³/mol. The van der Waals surface area contributed by atoms with Gasteiger partial charge in [0, 0.05) is 17.7 Å². The maximum atomic E-state index is 13.3. The summed E-state index contributed by atoms with van der Waals surface area (Å²) in [4.78, 5) is 0. The minimum Gasteiger partial charge on any atom is -0.493 e. The second kappa shape index (κ2) is 5.12. The Morgan fingerprint density at radius 1 is 1.37 bits per heavy atom. The van der Waals surface area contributed by atoms with Crippen LogP contribution in [0.3, 0.4) is 0 Å². The molecule has 3 rings (SSSR count). The van der Waals surface area contributed by atoms with Gasteiger partial charge in [0.25, 0.3) is 0 Å². The van der Waals surface area contributed by atoms with Crippen LogP contribution in [0.4, 0.5) is 4.39 Å². The molecule has 2 nitrogen and oxygen atoms in total. The predicted octanol–water partition coefficient (Wildman–Crippen LogP) is 3.66. The molecule has 0 aromatic heterocycles. The molecule has 104 valence electrons. The summed E-state index contributed by atoms with van der Waals surface area (Å²) >= 11 is 0. The van der Waals surface area contributed by atoms with Gasteiger partial charge < -0.3 is 10.5 Å². The maximum absolute atomic E-state index is 13.3. The average molecular weight is 263 g/mol. The molecule has 2 aliphatic rings. The summed E-state index contributed by atoms with van der Waals surface area (Å²) in [5.74, 6) is 2.77. The summed E-state index contributed by atoms with van der Waals surface area (Å²) in [6.07, 6.45) is 5.40. The molecular weight excluding hydrogens is 241 g/mol. The molecular formula is C16H22FNO. The van der Waals surface area contributed by atoms with Crippen molar-refractivity contribution in [1.29, 1.82) is 0 Å². The van der Waals surface area contributed by atoms with E-state index in [1.165, 1.54) is 37.8 Å². The first-order chi connectivity index (χ1) is 9.13. The van der Waals surface area contributed by atoms with E-state index in [9.17, 15) is 4.39 Å². The minimum absolute atomic E-state index is 0.129. The second-order valence-electron chi connectivity index (χ2n) is 6.22. The lowest BCUT2D eigenvalue weighted by Crippen LogP contribution is -2.19. The molecule has 0 amide bonds. The van der Waals surface area contributed by atoms with Crippen molar-refractivity contribution in [2.45, 2.75) is 38.6 Å². The lowest BCUT2D eigenvalue weighted by molar-refractivity contribution is 0.193. The molecule has 1 aromatic carbocycles. The van der Waals surface area contributed by atoms with Crippen molar-refractivity contribution in [3.05, 3.63) is 29.6 Å². The standard InChI is InChI=1S/C16H22FNO/c1-10(18)15-5-4-14(17)8-16(15)19-9-13-7-11-2-3-12(13)6-11/h4-5,8,10-13H,2-3,6-7,9,18H2,1H3. The quantitative estimate of drug-likeness (QED) is 0.899. The summed E-state index contributed by atoms with van der Waals surface area (Å²) in [7, 11) is 0. The summed E-state index contributed by atoms with van der Waals surface area (Å²) in [6, 6.07) is 4.51. The summed E-state index contributed by atoms with van der Waals surface area (Å²) in [5, 5.41) is 0. The highest BCUT2D eigenvalue weighted by Gasteiger charge is 2.39. The molecule has 0 aliphatic heterocycles. The van der Waals surface area contributed by atoms with Crippen LogP contribution in [0.2, 0.25) is 0 Å². The normalized spacial score (nSPS) is 30.6. The highest BCUT2D eigenvalue weighted by molar-refractivity contribution is 5.36. The van der Waals surface area contributed by atoms with Gasteiger partial charge in [-0.25, -0.2) is 4.39 Å². The smallest absolute Gasteiger partial charge is 0.126 e. The van der Waals surface area contributed by atoms with Crippen molar-refractivity contribution in [1.82, 2.24) is 0 Å². The van der Waals surface area contributed by atoms with Crippen molar-refractivity contribution in [2.75, 3.05) is 6.61 Å². The number of hydrogen-bond donors (Lipinski definition) is 1. The molecule has 19 heavy (non-hydrogen) atoms. The SMILES string of the molecule is CC(N)c1ccc(F)cc1OCC1CC2CCC1C2. The van der Waals surface area contributed by atoms with Crippen LogP contribution in [0.15, 0.2) is 18.2 Å². The molecule has 2 N–H and O–H groups in total. The maximum Gasteiger partial charge on any atom is 0.126 e. The van der Waals surface area contributed by atoms with Gasteiger partial charge in [-0.15, -0.1) is 0 Å². The number of rotatable bonds is 4. The summed E-state index contributed by atoms with van der Waals surface area (Å²) in [5.41, 5.74) is 6.80. The van der Waals surface area contributed by atoms with Crippen molar-refractivity contribution in [3.63, 3.8) is 0 Å². The van der Waals surface area contributed by atoms with Crippen molar-refractivity contribution >= 4 is 0 Å². The molecule has 4 unspecified atom stereocenters. The molecule has 0 saturated heterocycles. The van der Waals surface area contributed by atoms with Crippen LogP contribution in [0.25, 0.3) is 0 Å². The molecule has 0 spiro atoms. The van der Waals surface area contributed by atoms with Gasteiger partial charge in [0.15, 0.2) is 0 Å². The first kappa shape index (κ1) is 12.9. The number of fused-ring (bicyclic) bond motifs is 2. The molecule has 0 radical (unpaired) electrons. The van der Waals surface area contributed by atoms with Gasteiger partial charge in [-0.3, -0.25) is 0 Å². The number of nitrogens with two attached hydrogens (primary N) is 1. The first-order valence-corrected chi connectivity index (χ1v) is 7.31. The molecule has 2 aliphatic carbocycles. The zero-order chi connectivity index (χ0) is 13.4. The fourth-order valence-electron chi connectivity index (χ4n) is 3.79. The third kappa shape index (κ3) is 2.62. The second-order valence-corrected chi connectivity index (χ2v) is 6.22. The van der Waals surface area contributed by atoms with E-state index in [1.807, 2.05) is 6.92 Å². The number of hydrogen-bond acceptors (Lipinski definition) is 2. The molecule has 4 atom stereocenters. The number of halogens is 1. The number of ether oxygens (including phenoxy) is 1. The third-order valence-electron chi connectivity index (χ3n) is 4.80. The Kier molecular flexibility index (Phi) is 3.48. The van der Waals surface area contributed by atoms with Gasteiger partial charge in [0.05, 0.1) is 6.61 Å². The van der Waals surface area contributed by atoms with E-state index in [1.54, 1.807) is 6.07 Å². The van der Waals surface area contributed by atoms with Crippen molar-refractivity contribution in [2.24, 2.45) is 23.5 Å². The molecule has 2 fully saturated rings. The van der Waals surface area contributed by atoms with Crippen molar-refractivity contribution in [3.8, 4) is 5.75 Å². The van der Waals surface area contributed by atoms with Gasteiger partial charge in [-0.05, 0) is 50.0 Å². The first-order valence-electron chi connectivity index (χ1n) is 7.31. The summed E-state index contributed by atoms with van der Waals surface area (Å²) in [6.45, 7) is 2.61. The van der Waals surface area contributed by atoms with Crippen molar-refractivity contribution < 1.29 is 9.13 Å². The fourth-order valence-corrected chi connectivity index (χ4v) is 3.79. The Labute approximate surface area is 114 Å². The van der Waals surface area contributed by atoms with Crippen LogP contribution in [0.5, 0.6) is 5.75 Å². The van der Waals surface area contributed by atoms with Crippen LogP contribution in [0.1, 0.15) is 44.2 Å². The van der Waals surface area contributed by atoms with Gasteiger partial charge in [-0.1, -0.05) is 12.5 Å².